The number of hydrogen-bond acceptors (Lipinski definition) is 3. The first kappa shape index (κ1) is 14.4. The van der Waals surface area contributed by atoms with Gasteiger partial charge in [0.2, 0.25) is 5.91 Å². The van der Waals surface area contributed by atoms with E-state index in [0.29, 0.717) is 18.9 Å². The molecule has 1 aromatic rings. The van der Waals surface area contributed by atoms with Crippen LogP contribution in [0.15, 0.2) is 18.2 Å². The van der Waals surface area contributed by atoms with Crippen molar-refractivity contribution in [2.75, 3.05) is 13.2 Å². The van der Waals surface area contributed by atoms with Gasteiger partial charge >= 0.3 is 0 Å². The van der Waals surface area contributed by atoms with Crippen molar-refractivity contribution < 1.29 is 9.53 Å². The highest BCUT2D eigenvalue weighted by molar-refractivity contribution is 5.76. The molecule has 1 saturated carbocycles. The lowest BCUT2D eigenvalue weighted by molar-refractivity contribution is -0.122. The van der Waals surface area contributed by atoms with Gasteiger partial charge in [-0.3, -0.25) is 4.79 Å². The Hall–Kier alpha value is -1.55. The predicted molar refractivity (Wildman–Crippen MR) is 82.3 cm³/mol. The molecule has 0 unspecified atom stereocenters. The summed E-state index contributed by atoms with van der Waals surface area (Å²) in [6, 6.07) is 6.54. The number of nitrogens with two attached hydrogens (primary N) is 1. The van der Waals surface area contributed by atoms with Crippen molar-refractivity contribution >= 4 is 5.91 Å². The Balaban J connectivity index is 1.42. The molecule has 1 heterocycles. The van der Waals surface area contributed by atoms with Crippen molar-refractivity contribution in [2.24, 2.45) is 11.7 Å². The average Bonchev–Trinajstić information content (AvgIpc) is 3.08. The summed E-state index contributed by atoms with van der Waals surface area (Å²) in [5, 5.41) is 3.02. The van der Waals surface area contributed by atoms with Gasteiger partial charge in [0.1, 0.15) is 5.75 Å². The normalized spacial score (nSPS) is 23.7. The van der Waals surface area contributed by atoms with Crippen LogP contribution in [-0.4, -0.2) is 25.1 Å². The van der Waals surface area contributed by atoms with Crippen LogP contribution in [0.4, 0.5) is 0 Å². The molecular formula is C17H24N2O2. The third-order valence-electron chi connectivity index (χ3n) is 4.66. The van der Waals surface area contributed by atoms with Gasteiger partial charge in [-0.05, 0) is 42.4 Å². The molecule has 114 valence electrons. The number of carbonyl (C=O) groups excluding carboxylic acids is 1. The fraction of sp³-hybridized carbons (Fsp3) is 0.588. The Morgan fingerprint density at radius 2 is 2.29 bits per heavy atom. The molecule has 2 atom stereocenters. The number of nitrogens with one attached hydrogen (secondary N) is 1. The molecule has 2 aliphatic rings. The van der Waals surface area contributed by atoms with Gasteiger partial charge in [-0.15, -0.1) is 0 Å². The number of amides is 1. The van der Waals surface area contributed by atoms with Crippen LogP contribution in [0.1, 0.15) is 36.8 Å². The number of rotatable bonds is 5. The van der Waals surface area contributed by atoms with Crippen LogP contribution in [0.25, 0.3) is 0 Å². The summed E-state index contributed by atoms with van der Waals surface area (Å²) in [5.41, 5.74) is 8.56. The molecule has 0 bridgehead atoms. The Labute approximate surface area is 126 Å². The van der Waals surface area contributed by atoms with Crippen molar-refractivity contribution in [3.05, 3.63) is 29.3 Å². The molecule has 1 amide bonds. The second-order valence-corrected chi connectivity index (χ2v) is 6.20. The predicted octanol–water partition coefficient (Wildman–Crippen LogP) is 1.80. The zero-order chi connectivity index (χ0) is 14.7. The van der Waals surface area contributed by atoms with Crippen LogP contribution >= 0.6 is 0 Å². The third-order valence-corrected chi connectivity index (χ3v) is 4.66. The highest BCUT2D eigenvalue weighted by Gasteiger charge is 2.25. The topological polar surface area (TPSA) is 64.4 Å². The molecule has 1 fully saturated rings. The minimum Gasteiger partial charge on any atom is -0.493 e. The standard InChI is InChI=1S/C17H24N2O2/c18-15-3-1-2-13(15)11-17(20)19-8-6-12-4-5-16-14(10-12)7-9-21-16/h4-5,10,13,15H,1-3,6-9,11,18H2,(H,19,20)/t13-,15+/m0/s1. The summed E-state index contributed by atoms with van der Waals surface area (Å²) < 4.78 is 5.50. The van der Waals surface area contributed by atoms with Gasteiger partial charge in [-0.25, -0.2) is 0 Å². The lowest BCUT2D eigenvalue weighted by atomic mass is 10.00. The quantitative estimate of drug-likeness (QED) is 0.868. The Morgan fingerprint density at radius 3 is 3.10 bits per heavy atom. The van der Waals surface area contributed by atoms with Crippen LogP contribution in [0.5, 0.6) is 5.75 Å². The highest BCUT2D eigenvalue weighted by Crippen LogP contribution is 2.27. The second kappa shape index (κ2) is 6.48. The van der Waals surface area contributed by atoms with E-state index in [1.807, 2.05) is 6.07 Å². The van der Waals surface area contributed by atoms with Crippen LogP contribution in [0.3, 0.4) is 0 Å². The lowest BCUT2D eigenvalue weighted by Crippen LogP contribution is -2.32. The number of fused-ring (bicyclic) bond motifs is 1. The van der Waals surface area contributed by atoms with Crippen LogP contribution in [-0.2, 0) is 17.6 Å². The van der Waals surface area contributed by atoms with E-state index in [2.05, 4.69) is 17.4 Å². The first-order chi connectivity index (χ1) is 10.2. The molecule has 1 aliphatic carbocycles. The van der Waals surface area contributed by atoms with Crippen molar-refractivity contribution in [1.29, 1.82) is 0 Å². The minimum absolute atomic E-state index is 0.141. The molecular weight excluding hydrogens is 264 g/mol. The van der Waals surface area contributed by atoms with Crippen molar-refractivity contribution in [3.8, 4) is 5.75 Å². The molecule has 0 aromatic heterocycles. The summed E-state index contributed by atoms with van der Waals surface area (Å²) >= 11 is 0. The van der Waals surface area contributed by atoms with Gasteiger partial charge in [0.05, 0.1) is 6.61 Å². The van der Waals surface area contributed by atoms with Crippen LogP contribution in [0.2, 0.25) is 0 Å². The summed E-state index contributed by atoms with van der Waals surface area (Å²) in [5.74, 6) is 1.53. The molecule has 1 aromatic carbocycles. The van der Waals surface area contributed by atoms with Crippen LogP contribution < -0.4 is 15.8 Å². The molecule has 1 aliphatic heterocycles. The van der Waals surface area contributed by atoms with E-state index in [0.717, 1.165) is 44.5 Å². The first-order valence-electron chi connectivity index (χ1n) is 7.99. The van der Waals surface area contributed by atoms with Crippen molar-refractivity contribution in [3.63, 3.8) is 0 Å². The summed E-state index contributed by atoms with van der Waals surface area (Å²) in [4.78, 5) is 11.9. The van der Waals surface area contributed by atoms with E-state index in [1.54, 1.807) is 0 Å². The molecule has 0 saturated heterocycles. The first-order valence-corrected chi connectivity index (χ1v) is 7.99. The maximum absolute atomic E-state index is 11.9. The molecule has 3 N–H and O–H groups in total. The van der Waals surface area contributed by atoms with E-state index < -0.39 is 0 Å². The number of benzene rings is 1. The third kappa shape index (κ3) is 3.56. The van der Waals surface area contributed by atoms with E-state index in [1.165, 1.54) is 11.1 Å². The van der Waals surface area contributed by atoms with E-state index in [4.69, 9.17) is 10.5 Å². The van der Waals surface area contributed by atoms with Gasteiger partial charge in [0, 0.05) is 25.4 Å². The maximum Gasteiger partial charge on any atom is 0.220 e. The van der Waals surface area contributed by atoms with Gasteiger partial charge in [-0.2, -0.15) is 0 Å². The number of carbonyl (C=O) groups is 1. The molecule has 4 heteroatoms. The van der Waals surface area contributed by atoms with Gasteiger partial charge < -0.3 is 15.8 Å². The summed E-state index contributed by atoms with van der Waals surface area (Å²) in [6.07, 6.45) is 5.77. The van der Waals surface area contributed by atoms with Crippen molar-refractivity contribution in [1.82, 2.24) is 5.32 Å². The molecule has 21 heavy (non-hydrogen) atoms. The fourth-order valence-electron chi connectivity index (χ4n) is 3.37. The Bertz CT molecular complexity index is 516. The molecule has 4 nitrogen and oxygen atoms in total. The Kier molecular flexibility index (Phi) is 4.44. The zero-order valence-electron chi connectivity index (χ0n) is 12.4. The minimum atomic E-state index is 0.141. The zero-order valence-corrected chi connectivity index (χ0v) is 12.4. The van der Waals surface area contributed by atoms with Gasteiger partial charge in [0.15, 0.2) is 0 Å². The van der Waals surface area contributed by atoms with Gasteiger partial charge in [-0.1, -0.05) is 18.6 Å². The maximum atomic E-state index is 11.9. The number of ether oxygens (including phenoxy) is 1. The fourth-order valence-corrected chi connectivity index (χ4v) is 3.37. The highest BCUT2D eigenvalue weighted by atomic mass is 16.5. The molecule has 0 spiro atoms. The van der Waals surface area contributed by atoms with E-state index in [9.17, 15) is 4.79 Å². The SMILES string of the molecule is N[C@@H]1CCC[C@H]1CC(=O)NCCc1ccc2c(c1)CCO2. The second-order valence-electron chi connectivity index (χ2n) is 6.20. The van der Waals surface area contributed by atoms with Gasteiger partial charge in [0.25, 0.3) is 0 Å². The summed E-state index contributed by atoms with van der Waals surface area (Å²) in [7, 11) is 0. The number of hydrogen-bond donors (Lipinski definition) is 2. The van der Waals surface area contributed by atoms with E-state index in [-0.39, 0.29) is 11.9 Å². The average molecular weight is 288 g/mol. The molecule has 3 rings (SSSR count). The summed E-state index contributed by atoms with van der Waals surface area (Å²) in [6.45, 7) is 1.48. The monoisotopic (exact) mass is 288 g/mol. The Morgan fingerprint density at radius 1 is 1.38 bits per heavy atom. The van der Waals surface area contributed by atoms with Crippen LogP contribution in [0, 0.1) is 5.92 Å². The largest absolute Gasteiger partial charge is 0.493 e. The van der Waals surface area contributed by atoms with E-state index >= 15 is 0 Å². The van der Waals surface area contributed by atoms with Crippen molar-refractivity contribution in [2.45, 2.75) is 44.6 Å². The smallest absolute Gasteiger partial charge is 0.220 e. The molecule has 0 radical (unpaired) electrons. The lowest BCUT2D eigenvalue weighted by Gasteiger charge is -2.14.